The second kappa shape index (κ2) is 6.21. The second-order valence-corrected chi connectivity index (χ2v) is 6.58. The van der Waals surface area contributed by atoms with Gasteiger partial charge in [-0.3, -0.25) is 18.3 Å². The third-order valence-electron chi connectivity index (χ3n) is 4.15. The summed E-state index contributed by atoms with van der Waals surface area (Å²) in [5.41, 5.74) is 2.24. The highest BCUT2D eigenvalue weighted by Gasteiger charge is 2.14. The van der Waals surface area contributed by atoms with E-state index < -0.39 is 0 Å². The van der Waals surface area contributed by atoms with E-state index in [1.807, 2.05) is 53.4 Å². The summed E-state index contributed by atoms with van der Waals surface area (Å²) in [6, 6.07) is 7.52. The Morgan fingerprint density at radius 3 is 2.72 bits per heavy atom. The van der Waals surface area contributed by atoms with Crippen LogP contribution in [0.1, 0.15) is 12.6 Å². The first-order chi connectivity index (χ1) is 12.2. The average Bonchev–Trinajstić information content (AvgIpc) is 3.26. The molecule has 0 unspecified atom stereocenters. The fourth-order valence-corrected chi connectivity index (χ4v) is 3.70. The highest BCUT2D eigenvalue weighted by Crippen LogP contribution is 2.13. The van der Waals surface area contributed by atoms with E-state index in [0.717, 1.165) is 21.7 Å². The standard InChI is InChI=1S/C17H17N5O2S/c1-2-21-13-5-3-4-6-14(13)22(17(21)24)11-15(23)18-9-12-10-20-7-8-25-16(20)19-12/h3-8,10H,2,9,11H2,1H3,(H,18,23). The lowest BCUT2D eigenvalue weighted by Gasteiger charge is -2.04. The van der Waals surface area contributed by atoms with Crippen molar-refractivity contribution in [2.75, 3.05) is 0 Å². The number of amides is 1. The number of hydrogen-bond donors (Lipinski definition) is 1. The van der Waals surface area contributed by atoms with Crippen LogP contribution in [0.25, 0.3) is 16.0 Å². The smallest absolute Gasteiger partial charge is 0.329 e. The first kappa shape index (κ1) is 15.6. The molecule has 3 heterocycles. The first-order valence-electron chi connectivity index (χ1n) is 8.03. The van der Waals surface area contributed by atoms with Crippen LogP contribution in [-0.2, 0) is 24.4 Å². The van der Waals surface area contributed by atoms with Gasteiger partial charge in [-0.25, -0.2) is 9.78 Å². The van der Waals surface area contributed by atoms with Gasteiger partial charge in [-0.2, -0.15) is 0 Å². The number of carbonyl (C=O) groups excluding carboxylic acids is 1. The maximum Gasteiger partial charge on any atom is 0.329 e. The number of nitrogens with one attached hydrogen (secondary N) is 1. The molecule has 4 rings (SSSR count). The number of aromatic nitrogens is 4. The van der Waals surface area contributed by atoms with Gasteiger partial charge in [0.25, 0.3) is 0 Å². The Kier molecular flexibility index (Phi) is 3.89. The molecule has 0 radical (unpaired) electrons. The van der Waals surface area contributed by atoms with E-state index in [1.54, 1.807) is 15.9 Å². The molecule has 1 amide bonds. The molecule has 0 bridgehead atoms. The number of aryl methyl sites for hydroxylation is 1. The summed E-state index contributed by atoms with van der Waals surface area (Å²) in [5, 5.41) is 4.80. The molecule has 0 saturated carbocycles. The summed E-state index contributed by atoms with van der Waals surface area (Å²) in [4.78, 5) is 30.2. The summed E-state index contributed by atoms with van der Waals surface area (Å²) in [5.74, 6) is -0.211. The summed E-state index contributed by atoms with van der Waals surface area (Å²) >= 11 is 1.54. The molecule has 1 N–H and O–H groups in total. The van der Waals surface area contributed by atoms with E-state index in [1.165, 1.54) is 4.57 Å². The molecule has 0 spiro atoms. The molecule has 4 aromatic rings. The predicted molar refractivity (Wildman–Crippen MR) is 96.8 cm³/mol. The van der Waals surface area contributed by atoms with Crippen molar-refractivity contribution in [1.29, 1.82) is 0 Å². The van der Waals surface area contributed by atoms with Crippen LogP contribution in [0.5, 0.6) is 0 Å². The lowest BCUT2D eigenvalue weighted by Crippen LogP contribution is -2.32. The average molecular weight is 355 g/mol. The minimum atomic E-state index is -0.211. The van der Waals surface area contributed by atoms with Gasteiger partial charge in [0, 0.05) is 24.3 Å². The molecule has 0 saturated heterocycles. The van der Waals surface area contributed by atoms with E-state index in [4.69, 9.17) is 0 Å². The minimum Gasteiger partial charge on any atom is -0.349 e. The maximum absolute atomic E-state index is 12.5. The zero-order chi connectivity index (χ0) is 17.4. The van der Waals surface area contributed by atoms with Gasteiger partial charge in [0.2, 0.25) is 5.91 Å². The van der Waals surface area contributed by atoms with Crippen LogP contribution < -0.4 is 11.0 Å². The van der Waals surface area contributed by atoms with Gasteiger partial charge in [0.1, 0.15) is 6.54 Å². The number of rotatable bonds is 5. The van der Waals surface area contributed by atoms with Crippen molar-refractivity contribution < 1.29 is 4.79 Å². The van der Waals surface area contributed by atoms with Crippen LogP contribution in [0.3, 0.4) is 0 Å². The Morgan fingerprint density at radius 2 is 2.00 bits per heavy atom. The zero-order valence-corrected chi connectivity index (χ0v) is 14.5. The van der Waals surface area contributed by atoms with E-state index in [2.05, 4.69) is 10.3 Å². The SMILES string of the molecule is CCn1c(=O)n(CC(=O)NCc2cn3ccsc3n2)c2ccccc21. The van der Waals surface area contributed by atoms with Crippen LogP contribution in [0.2, 0.25) is 0 Å². The van der Waals surface area contributed by atoms with Gasteiger partial charge in [-0.05, 0) is 19.1 Å². The monoisotopic (exact) mass is 355 g/mol. The number of fused-ring (bicyclic) bond motifs is 2. The van der Waals surface area contributed by atoms with Crippen molar-refractivity contribution in [2.24, 2.45) is 0 Å². The third kappa shape index (κ3) is 2.74. The fraction of sp³-hybridized carbons (Fsp3) is 0.235. The van der Waals surface area contributed by atoms with Crippen molar-refractivity contribution in [1.82, 2.24) is 23.8 Å². The Hall–Kier alpha value is -2.87. The van der Waals surface area contributed by atoms with Crippen LogP contribution >= 0.6 is 11.3 Å². The number of benzene rings is 1. The highest BCUT2D eigenvalue weighted by atomic mass is 32.1. The van der Waals surface area contributed by atoms with Gasteiger partial charge < -0.3 is 5.32 Å². The summed E-state index contributed by atoms with van der Waals surface area (Å²) < 4.78 is 5.11. The lowest BCUT2D eigenvalue weighted by atomic mass is 10.3. The minimum absolute atomic E-state index is 0.00539. The molecular weight excluding hydrogens is 338 g/mol. The molecule has 0 aliphatic rings. The molecule has 8 heteroatoms. The molecule has 25 heavy (non-hydrogen) atoms. The van der Waals surface area contributed by atoms with Crippen molar-refractivity contribution in [3.63, 3.8) is 0 Å². The van der Waals surface area contributed by atoms with Crippen molar-refractivity contribution in [3.05, 3.63) is 58.2 Å². The molecular formula is C17H17N5O2S. The summed E-state index contributed by atoms with van der Waals surface area (Å²) in [7, 11) is 0. The van der Waals surface area contributed by atoms with Gasteiger partial charge in [-0.1, -0.05) is 12.1 Å². The van der Waals surface area contributed by atoms with Gasteiger partial charge in [0.05, 0.1) is 23.3 Å². The van der Waals surface area contributed by atoms with Gasteiger partial charge >= 0.3 is 5.69 Å². The molecule has 3 aromatic heterocycles. The third-order valence-corrected chi connectivity index (χ3v) is 4.92. The van der Waals surface area contributed by atoms with Gasteiger partial charge in [-0.15, -0.1) is 11.3 Å². The van der Waals surface area contributed by atoms with Crippen molar-refractivity contribution >= 4 is 33.2 Å². The topological polar surface area (TPSA) is 73.3 Å². The van der Waals surface area contributed by atoms with E-state index >= 15 is 0 Å². The maximum atomic E-state index is 12.5. The molecule has 0 aliphatic carbocycles. The van der Waals surface area contributed by atoms with Crippen molar-refractivity contribution in [3.8, 4) is 0 Å². The fourth-order valence-electron chi connectivity index (χ4n) is 2.98. The summed E-state index contributed by atoms with van der Waals surface area (Å²) in [6.07, 6.45) is 3.82. The molecule has 0 fully saturated rings. The summed E-state index contributed by atoms with van der Waals surface area (Å²) in [6.45, 7) is 2.82. The van der Waals surface area contributed by atoms with E-state index in [9.17, 15) is 9.59 Å². The van der Waals surface area contributed by atoms with Crippen molar-refractivity contribution in [2.45, 2.75) is 26.6 Å². The number of hydrogen-bond acceptors (Lipinski definition) is 4. The Morgan fingerprint density at radius 1 is 1.24 bits per heavy atom. The molecule has 128 valence electrons. The molecule has 7 nitrogen and oxygen atoms in total. The van der Waals surface area contributed by atoms with Crippen LogP contribution in [0.4, 0.5) is 0 Å². The Labute approximate surface area is 147 Å². The molecule has 1 aromatic carbocycles. The number of nitrogens with zero attached hydrogens (tertiary/aromatic N) is 4. The van der Waals surface area contributed by atoms with Crippen LogP contribution in [0.15, 0.2) is 46.8 Å². The Bertz CT molecular complexity index is 1090. The number of thiazole rings is 1. The normalized spacial score (nSPS) is 11.4. The van der Waals surface area contributed by atoms with Crippen LogP contribution in [0, 0.1) is 0 Å². The second-order valence-electron chi connectivity index (χ2n) is 5.70. The van der Waals surface area contributed by atoms with Crippen LogP contribution in [-0.4, -0.2) is 24.4 Å². The lowest BCUT2D eigenvalue weighted by molar-refractivity contribution is -0.121. The Balaban J connectivity index is 1.52. The van der Waals surface area contributed by atoms with Gasteiger partial charge in [0.15, 0.2) is 4.96 Å². The first-order valence-corrected chi connectivity index (χ1v) is 8.91. The number of imidazole rings is 2. The predicted octanol–water partition coefficient (Wildman–Crippen LogP) is 1.85. The van der Waals surface area contributed by atoms with E-state index in [0.29, 0.717) is 13.1 Å². The molecule has 0 atom stereocenters. The quantitative estimate of drug-likeness (QED) is 0.594. The highest BCUT2D eigenvalue weighted by molar-refractivity contribution is 7.15. The number of carbonyl (C=O) groups is 1. The molecule has 0 aliphatic heterocycles. The van der Waals surface area contributed by atoms with E-state index in [-0.39, 0.29) is 18.1 Å². The number of para-hydroxylation sites is 2. The largest absolute Gasteiger partial charge is 0.349 e. The zero-order valence-electron chi connectivity index (χ0n) is 13.7.